The average Bonchev–Trinajstić information content (AvgIpc) is 3.24. The molecule has 0 saturated heterocycles. The normalized spacial score (nSPS) is 16.7. The molecule has 7 heteroatoms. The molecule has 0 bridgehead atoms. The van der Waals surface area contributed by atoms with Crippen molar-refractivity contribution in [2.24, 2.45) is 0 Å². The van der Waals surface area contributed by atoms with Gasteiger partial charge in [-0.25, -0.2) is 4.39 Å². The largest absolute Gasteiger partial charge is 0.351 e. The van der Waals surface area contributed by atoms with Crippen LogP contribution in [-0.2, 0) is 6.42 Å². The number of halogens is 1. The predicted octanol–water partition coefficient (Wildman–Crippen LogP) is 5.12. The van der Waals surface area contributed by atoms with Crippen LogP contribution < -0.4 is 5.32 Å². The Morgan fingerprint density at radius 1 is 1.10 bits per heavy atom. The van der Waals surface area contributed by atoms with E-state index in [0.29, 0.717) is 22.4 Å². The molecule has 30 heavy (non-hydrogen) atoms. The van der Waals surface area contributed by atoms with Crippen LogP contribution >= 0.6 is 12.2 Å². The molecule has 0 fully saturated rings. The van der Waals surface area contributed by atoms with E-state index in [-0.39, 0.29) is 11.9 Å². The molecule has 154 valence electrons. The summed E-state index contributed by atoms with van der Waals surface area (Å²) in [7, 11) is 0. The van der Waals surface area contributed by atoms with Gasteiger partial charge in [0.1, 0.15) is 5.82 Å². The zero-order valence-electron chi connectivity index (χ0n) is 17.1. The fourth-order valence-electron chi connectivity index (χ4n) is 3.68. The molecule has 2 aromatic carbocycles. The van der Waals surface area contributed by atoms with Gasteiger partial charge < -0.3 is 14.7 Å². The highest BCUT2D eigenvalue weighted by molar-refractivity contribution is 7.80. The first kappa shape index (κ1) is 20.2. The highest BCUT2D eigenvalue weighted by atomic mass is 32.1. The summed E-state index contributed by atoms with van der Waals surface area (Å²) in [5, 5.41) is 8.23. The third-order valence-electron chi connectivity index (χ3n) is 5.39. The summed E-state index contributed by atoms with van der Waals surface area (Å²) in [6.07, 6.45) is 0.979. The summed E-state index contributed by atoms with van der Waals surface area (Å²) >= 11 is 5.60. The van der Waals surface area contributed by atoms with Crippen molar-refractivity contribution in [3.63, 3.8) is 0 Å². The highest BCUT2D eigenvalue weighted by Crippen LogP contribution is 2.37. The van der Waals surface area contributed by atoms with Gasteiger partial charge in [-0.1, -0.05) is 36.3 Å². The van der Waals surface area contributed by atoms with Gasteiger partial charge in [0.25, 0.3) is 5.89 Å². The minimum Gasteiger partial charge on any atom is -0.351 e. The molecule has 1 aliphatic heterocycles. The van der Waals surface area contributed by atoms with Crippen LogP contribution in [0.25, 0.3) is 17.0 Å². The Morgan fingerprint density at radius 2 is 1.80 bits per heavy atom. The van der Waals surface area contributed by atoms with Gasteiger partial charge in [0.2, 0.25) is 5.82 Å². The molecule has 1 aliphatic rings. The van der Waals surface area contributed by atoms with E-state index in [4.69, 9.17) is 16.7 Å². The second-order valence-corrected chi connectivity index (χ2v) is 7.54. The van der Waals surface area contributed by atoms with E-state index in [1.54, 1.807) is 12.1 Å². The first-order chi connectivity index (χ1) is 14.5. The zero-order valence-corrected chi connectivity index (χ0v) is 18.0. The number of rotatable bonds is 5. The Morgan fingerprint density at radius 3 is 2.43 bits per heavy atom. The summed E-state index contributed by atoms with van der Waals surface area (Å²) in [5.74, 6) is 0.534. The average molecular weight is 423 g/mol. The van der Waals surface area contributed by atoms with E-state index in [1.807, 2.05) is 18.7 Å². The molecule has 4 rings (SSSR count). The summed E-state index contributed by atoms with van der Waals surface area (Å²) < 4.78 is 18.9. The van der Waals surface area contributed by atoms with E-state index >= 15 is 0 Å². The predicted molar refractivity (Wildman–Crippen MR) is 119 cm³/mol. The maximum absolute atomic E-state index is 13.3. The van der Waals surface area contributed by atoms with Crippen LogP contribution in [0.5, 0.6) is 0 Å². The van der Waals surface area contributed by atoms with E-state index < -0.39 is 0 Å². The number of aromatic nitrogens is 2. The topological polar surface area (TPSA) is 54.2 Å². The summed E-state index contributed by atoms with van der Waals surface area (Å²) in [6, 6.07) is 14.3. The number of benzene rings is 2. The summed E-state index contributed by atoms with van der Waals surface area (Å²) in [6.45, 7) is 6.92. The van der Waals surface area contributed by atoms with Gasteiger partial charge >= 0.3 is 0 Å². The molecule has 1 atom stereocenters. The number of nitrogens with zero attached hydrogens (tertiary/aromatic N) is 3. The number of aryl methyl sites for hydroxylation is 1. The zero-order chi connectivity index (χ0) is 21.3. The Balaban J connectivity index is 1.79. The number of hydrogen-bond donors (Lipinski definition) is 1. The van der Waals surface area contributed by atoms with Crippen LogP contribution in [0.2, 0.25) is 0 Å². The molecule has 0 amide bonds. The number of thiocarbonyl (C=S) groups is 1. The SMILES string of the molecule is CCc1ccc(C2NC(=S)N(CC)C(C)=C2c2nc(-c3ccc(F)cc3)no2)cc1. The molecule has 2 heterocycles. The molecule has 5 nitrogen and oxygen atoms in total. The maximum atomic E-state index is 13.3. The first-order valence-electron chi connectivity index (χ1n) is 9.99. The van der Waals surface area contributed by atoms with E-state index in [0.717, 1.165) is 29.8 Å². The minimum absolute atomic E-state index is 0.201. The van der Waals surface area contributed by atoms with Gasteiger partial charge in [-0.15, -0.1) is 0 Å². The van der Waals surface area contributed by atoms with Crippen molar-refractivity contribution >= 4 is 22.9 Å². The molecule has 1 N–H and O–H groups in total. The maximum Gasteiger partial charge on any atom is 0.258 e. The van der Waals surface area contributed by atoms with Crippen LogP contribution in [0, 0.1) is 5.82 Å². The first-order valence-corrected chi connectivity index (χ1v) is 10.4. The van der Waals surface area contributed by atoms with Crippen molar-refractivity contribution < 1.29 is 8.91 Å². The van der Waals surface area contributed by atoms with Crippen LogP contribution in [-0.4, -0.2) is 26.7 Å². The molecule has 1 unspecified atom stereocenters. The molecule has 1 aromatic heterocycles. The van der Waals surface area contributed by atoms with Gasteiger partial charge in [-0.2, -0.15) is 4.98 Å². The lowest BCUT2D eigenvalue weighted by Gasteiger charge is -2.36. The monoisotopic (exact) mass is 422 g/mol. The molecular formula is C23H23FN4OS. The number of hydrogen-bond acceptors (Lipinski definition) is 4. The molecule has 3 aromatic rings. The van der Waals surface area contributed by atoms with Crippen molar-refractivity contribution in [3.8, 4) is 11.4 Å². The Labute approximate surface area is 180 Å². The van der Waals surface area contributed by atoms with Crippen LogP contribution in [0.4, 0.5) is 4.39 Å². The van der Waals surface area contributed by atoms with Crippen molar-refractivity contribution in [1.29, 1.82) is 0 Å². The van der Waals surface area contributed by atoms with Crippen molar-refractivity contribution in [3.05, 3.63) is 77.1 Å². The van der Waals surface area contributed by atoms with Gasteiger partial charge in [0.15, 0.2) is 5.11 Å². The lowest BCUT2D eigenvalue weighted by molar-refractivity contribution is 0.398. The van der Waals surface area contributed by atoms with Crippen LogP contribution in [0.1, 0.15) is 43.8 Å². The van der Waals surface area contributed by atoms with E-state index in [9.17, 15) is 4.39 Å². The van der Waals surface area contributed by atoms with E-state index in [2.05, 4.69) is 46.6 Å². The fourth-order valence-corrected chi connectivity index (χ4v) is 4.07. The summed E-state index contributed by atoms with van der Waals surface area (Å²) in [5.41, 5.74) is 4.89. The Kier molecular flexibility index (Phi) is 5.63. The minimum atomic E-state index is -0.305. The van der Waals surface area contributed by atoms with Crippen molar-refractivity contribution in [2.45, 2.75) is 33.2 Å². The van der Waals surface area contributed by atoms with Gasteiger partial charge in [0, 0.05) is 17.8 Å². The molecule has 0 aliphatic carbocycles. The lowest BCUT2D eigenvalue weighted by atomic mass is 9.94. The second kappa shape index (κ2) is 8.36. The molecule has 0 saturated carbocycles. The van der Waals surface area contributed by atoms with Crippen LogP contribution in [0.3, 0.4) is 0 Å². The van der Waals surface area contributed by atoms with Crippen molar-refractivity contribution in [1.82, 2.24) is 20.4 Å². The quantitative estimate of drug-likeness (QED) is 0.576. The highest BCUT2D eigenvalue weighted by Gasteiger charge is 2.33. The number of nitrogens with one attached hydrogen (secondary N) is 1. The molecular weight excluding hydrogens is 399 g/mol. The Hall–Kier alpha value is -3.06. The third kappa shape index (κ3) is 3.73. The Bertz CT molecular complexity index is 1090. The van der Waals surface area contributed by atoms with Gasteiger partial charge in [-0.3, -0.25) is 0 Å². The summed E-state index contributed by atoms with van der Waals surface area (Å²) in [4.78, 5) is 6.64. The molecule has 0 radical (unpaired) electrons. The fraction of sp³-hybridized carbons (Fsp3) is 0.261. The second-order valence-electron chi connectivity index (χ2n) is 7.15. The van der Waals surface area contributed by atoms with E-state index in [1.165, 1.54) is 17.7 Å². The third-order valence-corrected chi connectivity index (χ3v) is 5.73. The lowest BCUT2D eigenvalue weighted by Crippen LogP contribution is -2.45. The van der Waals surface area contributed by atoms with Gasteiger partial charge in [-0.05, 0) is 67.9 Å². The van der Waals surface area contributed by atoms with Gasteiger partial charge in [0.05, 0.1) is 11.6 Å². The smallest absolute Gasteiger partial charge is 0.258 e. The number of allylic oxidation sites excluding steroid dienone is 1. The standard InChI is InChI=1S/C23H23FN4OS/c1-4-15-6-8-16(9-7-15)20-19(14(3)28(5-2)23(30)25-20)22-26-21(27-29-22)17-10-12-18(24)13-11-17/h6-13,20H,4-5H2,1-3H3,(H,25,30). The van der Waals surface area contributed by atoms with Crippen molar-refractivity contribution in [2.75, 3.05) is 6.54 Å². The van der Waals surface area contributed by atoms with Crippen LogP contribution in [0.15, 0.2) is 58.8 Å². The molecule has 0 spiro atoms.